The smallest absolute Gasteiger partial charge is 0.253 e. The summed E-state index contributed by atoms with van der Waals surface area (Å²) in [5.74, 6) is 0.169. The summed E-state index contributed by atoms with van der Waals surface area (Å²) in [7, 11) is 0. The van der Waals surface area contributed by atoms with Crippen molar-refractivity contribution >= 4 is 22.6 Å². The van der Waals surface area contributed by atoms with Crippen LogP contribution in [-0.4, -0.2) is 25.7 Å². The van der Waals surface area contributed by atoms with E-state index in [1.807, 2.05) is 49.7 Å². The number of nitrogens with one attached hydrogen (secondary N) is 2. The largest absolute Gasteiger partial charge is 0.384 e. The van der Waals surface area contributed by atoms with Crippen LogP contribution in [0.3, 0.4) is 0 Å². The lowest BCUT2D eigenvalue weighted by atomic mass is 10.00. The molecule has 0 spiro atoms. The van der Waals surface area contributed by atoms with Gasteiger partial charge >= 0.3 is 0 Å². The Morgan fingerprint density at radius 3 is 2.65 bits per heavy atom. The number of hydrogen-bond donors (Lipinski definition) is 3. The van der Waals surface area contributed by atoms with Gasteiger partial charge < -0.3 is 16.0 Å². The number of rotatable bonds is 7. The molecule has 0 aliphatic carbocycles. The molecule has 176 valence electrons. The number of nitrogen functional groups attached to an aromatic ring is 1. The molecular weight excluding hydrogens is 428 g/mol. The lowest BCUT2D eigenvalue weighted by molar-refractivity contribution is 0.0952. The summed E-state index contributed by atoms with van der Waals surface area (Å²) in [6, 6.07) is 9.56. The van der Waals surface area contributed by atoms with Gasteiger partial charge in [0.15, 0.2) is 0 Å². The summed E-state index contributed by atoms with van der Waals surface area (Å²) in [5.41, 5.74) is 11.0. The summed E-state index contributed by atoms with van der Waals surface area (Å²) in [6.07, 6.45) is 5.10. The SMILES string of the molecule is CCCc1cc(C)[nH]c(=O)c1CNC(=O)c1cc(-c2ccc(N)nc2)cc2c1cnn2C(C)C. The highest BCUT2D eigenvalue weighted by atomic mass is 16.1. The zero-order valence-corrected chi connectivity index (χ0v) is 20.0. The molecule has 0 bridgehead atoms. The Morgan fingerprint density at radius 2 is 1.97 bits per heavy atom. The maximum Gasteiger partial charge on any atom is 0.253 e. The van der Waals surface area contributed by atoms with Crippen LogP contribution in [0.5, 0.6) is 0 Å². The number of anilines is 1. The lowest BCUT2D eigenvalue weighted by Gasteiger charge is -2.13. The summed E-state index contributed by atoms with van der Waals surface area (Å²) in [4.78, 5) is 33.0. The molecule has 0 atom stereocenters. The van der Waals surface area contributed by atoms with E-state index in [1.165, 1.54) is 0 Å². The lowest BCUT2D eigenvalue weighted by Crippen LogP contribution is -2.28. The van der Waals surface area contributed by atoms with Crippen molar-refractivity contribution in [3.05, 3.63) is 75.5 Å². The van der Waals surface area contributed by atoms with Crippen molar-refractivity contribution in [3.8, 4) is 11.1 Å². The highest BCUT2D eigenvalue weighted by Gasteiger charge is 2.18. The van der Waals surface area contributed by atoms with Gasteiger partial charge in [0, 0.05) is 41.0 Å². The van der Waals surface area contributed by atoms with E-state index in [0.29, 0.717) is 16.9 Å². The number of amides is 1. The Labute approximate surface area is 198 Å². The molecule has 34 heavy (non-hydrogen) atoms. The van der Waals surface area contributed by atoms with Crippen LogP contribution >= 0.6 is 0 Å². The molecule has 1 aromatic carbocycles. The van der Waals surface area contributed by atoms with Crippen molar-refractivity contribution in [2.45, 2.75) is 53.1 Å². The fourth-order valence-electron chi connectivity index (χ4n) is 4.22. The highest BCUT2D eigenvalue weighted by Crippen LogP contribution is 2.29. The van der Waals surface area contributed by atoms with E-state index in [1.54, 1.807) is 18.5 Å². The number of carbonyl (C=O) groups excluding carboxylic acids is 1. The number of aryl methyl sites for hydroxylation is 2. The second-order valence-corrected chi connectivity index (χ2v) is 8.83. The van der Waals surface area contributed by atoms with Gasteiger partial charge in [-0.3, -0.25) is 14.3 Å². The molecule has 3 heterocycles. The molecule has 0 radical (unpaired) electrons. The molecule has 0 aliphatic heterocycles. The summed E-state index contributed by atoms with van der Waals surface area (Å²) in [6.45, 7) is 8.17. The molecule has 4 N–H and O–H groups in total. The minimum Gasteiger partial charge on any atom is -0.384 e. The molecule has 4 rings (SSSR count). The van der Waals surface area contributed by atoms with Crippen LogP contribution in [0.25, 0.3) is 22.0 Å². The van der Waals surface area contributed by atoms with Crippen LogP contribution in [0.15, 0.2) is 47.5 Å². The Bertz CT molecular complexity index is 1400. The molecule has 0 fully saturated rings. The van der Waals surface area contributed by atoms with Gasteiger partial charge in [-0.15, -0.1) is 0 Å². The Kier molecular flexibility index (Phi) is 6.49. The quantitative estimate of drug-likeness (QED) is 0.385. The third kappa shape index (κ3) is 4.57. The van der Waals surface area contributed by atoms with Gasteiger partial charge in [-0.25, -0.2) is 4.98 Å². The number of pyridine rings is 2. The molecular formula is C26H30N6O2. The van der Waals surface area contributed by atoms with Gasteiger partial charge in [0.25, 0.3) is 11.5 Å². The zero-order chi connectivity index (χ0) is 24.4. The van der Waals surface area contributed by atoms with Gasteiger partial charge in [0.2, 0.25) is 0 Å². The van der Waals surface area contributed by atoms with Gasteiger partial charge in [-0.2, -0.15) is 5.10 Å². The van der Waals surface area contributed by atoms with Crippen LogP contribution in [0.2, 0.25) is 0 Å². The molecule has 4 aromatic rings. The van der Waals surface area contributed by atoms with E-state index in [9.17, 15) is 9.59 Å². The maximum absolute atomic E-state index is 13.4. The number of fused-ring (bicyclic) bond motifs is 1. The second-order valence-electron chi connectivity index (χ2n) is 8.83. The predicted molar refractivity (Wildman–Crippen MR) is 135 cm³/mol. The standard InChI is InChI=1S/C26H30N6O2/c1-5-6-17-9-16(4)31-26(34)21(17)13-29-25(33)20-10-19(18-7-8-24(27)28-12-18)11-23-22(20)14-30-32(23)15(2)3/h7-12,14-15H,5-6,13H2,1-4H3,(H2,27,28)(H,29,33)(H,31,34). The molecule has 0 saturated carbocycles. The van der Waals surface area contributed by atoms with Gasteiger partial charge in [-0.1, -0.05) is 13.3 Å². The van der Waals surface area contributed by atoms with Crippen LogP contribution in [0.4, 0.5) is 5.82 Å². The summed E-state index contributed by atoms with van der Waals surface area (Å²) >= 11 is 0. The number of aromatic nitrogens is 4. The van der Waals surface area contributed by atoms with Crippen molar-refractivity contribution in [1.29, 1.82) is 0 Å². The van der Waals surface area contributed by atoms with Gasteiger partial charge in [-0.05, 0) is 68.7 Å². The minimum absolute atomic E-state index is 0.121. The Morgan fingerprint density at radius 1 is 1.18 bits per heavy atom. The highest BCUT2D eigenvalue weighted by molar-refractivity contribution is 6.08. The second kappa shape index (κ2) is 9.51. The molecule has 3 aromatic heterocycles. The Hall–Kier alpha value is -3.94. The predicted octanol–water partition coefficient (Wildman–Crippen LogP) is 4.14. The summed E-state index contributed by atoms with van der Waals surface area (Å²) in [5, 5.41) is 8.23. The number of aromatic amines is 1. The Balaban J connectivity index is 1.74. The van der Waals surface area contributed by atoms with E-state index in [-0.39, 0.29) is 24.1 Å². The van der Waals surface area contributed by atoms with E-state index in [0.717, 1.165) is 46.1 Å². The average Bonchev–Trinajstić information content (AvgIpc) is 3.22. The molecule has 8 heteroatoms. The molecule has 8 nitrogen and oxygen atoms in total. The van der Waals surface area contributed by atoms with Crippen molar-refractivity contribution in [2.75, 3.05) is 5.73 Å². The minimum atomic E-state index is -0.263. The van der Waals surface area contributed by atoms with E-state index in [2.05, 4.69) is 27.3 Å². The number of hydrogen-bond acceptors (Lipinski definition) is 5. The topological polar surface area (TPSA) is 119 Å². The first-order chi connectivity index (χ1) is 16.3. The maximum atomic E-state index is 13.4. The van der Waals surface area contributed by atoms with Gasteiger partial charge in [0.05, 0.1) is 17.3 Å². The number of carbonyl (C=O) groups is 1. The monoisotopic (exact) mass is 458 g/mol. The van der Waals surface area contributed by atoms with Crippen LogP contribution in [0.1, 0.15) is 60.4 Å². The van der Waals surface area contributed by atoms with E-state index >= 15 is 0 Å². The first kappa shape index (κ1) is 23.2. The van der Waals surface area contributed by atoms with Crippen LogP contribution in [0, 0.1) is 6.92 Å². The molecule has 0 aliphatic rings. The fourth-order valence-corrected chi connectivity index (χ4v) is 4.22. The molecule has 0 unspecified atom stereocenters. The number of nitrogens with zero attached hydrogens (tertiary/aromatic N) is 3. The summed E-state index contributed by atoms with van der Waals surface area (Å²) < 4.78 is 1.89. The fraction of sp³-hybridized carbons (Fsp3) is 0.308. The van der Waals surface area contributed by atoms with Gasteiger partial charge in [0.1, 0.15) is 5.82 Å². The molecule has 1 amide bonds. The zero-order valence-electron chi connectivity index (χ0n) is 20.0. The van der Waals surface area contributed by atoms with E-state index in [4.69, 9.17) is 5.73 Å². The first-order valence-corrected chi connectivity index (χ1v) is 11.5. The average molecular weight is 459 g/mol. The third-order valence-electron chi connectivity index (χ3n) is 5.88. The third-order valence-corrected chi connectivity index (χ3v) is 5.88. The van der Waals surface area contributed by atoms with Crippen LogP contribution in [-0.2, 0) is 13.0 Å². The molecule has 0 saturated heterocycles. The normalized spacial score (nSPS) is 11.3. The number of benzene rings is 1. The first-order valence-electron chi connectivity index (χ1n) is 11.5. The van der Waals surface area contributed by atoms with Crippen molar-refractivity contribution < 1.29 is 4.79 Å². The van der Waals surface area contributed by atoms with Crippen molar-refractivity contribution in [2.24, 2.45) is 0 Å². The van der Waals surface area contributed by atoms with Crippen LogP contribution < -0.4 is 16.6 Å². The van der Waals surface area contributed by atoms with Crippen molar-refractivity contribution in [1.82, 2.24) is 25.1 Å². The van der Waals surface area contributed by atoms with E-state index < -0.39 is 0 Å². The number of H-pyrrole nitrogens is 1. The number of nitrogens with two attached hydrogens (primary N) is 1. The van der Waals surface area contributed by atoms with Crippen molar-refractivity contribution in [3.63, 3.8) is 0 Å².